The SMILES string of the molecule is CCSCS(=O)(=O)c1ccc(Oc2ccccc2O)cc1. The molecule has 0 saturated heterocycles. The zero-order valence-corrected chi connectivity index (χ0v) is 13.2. The summed E-state index contributed by atoms with van der Waals surface area (Å²) in [7, 11) is -3.26. The molecule has 2 rings (SSSR count). The summed E-state index contributed by atoms with van der Waals surface area (Å²) in [4.78, 5) is 0.271. The number of hydrogen-bond acceptors (Lipinski definition) is 5. The third-order valence-electron chi connectivity index (χ3n) is 2.72. The van der Waals surface area contributed by atoms with Crippen LogP contribution in [0.1, 0.15) is 6.92 Å². The van der Waals surface area contributed by atoms with Gasteiger partial charge < -0.3 is 9.84 Å². The zero-order valence-electron chi connectivity index (χ0n) is 11.5. The molecule has 2 aromatic rings. The Morgan fingerprint density at radius 1 is 1.10 bits per heavy atom. The van der Waals surface area contributed by atoms with Crippen LogP contribution < -0.4 is 4.74 Å². The number of para-hydroxylation sites is 2. The Labute approximate surface area is 128 Å². The average molecular weight is 324 g/mol. The zero-order chi connectivity index (χ0) is 15.3. The van der Waals surface area contributed by atoms with Gasteiger partial charge in [0.2, 0.25) is 0 Å². The Kier molecular flexibility index (Phi) is 5.14. The van der Waals surface area contributed by atoms with Gasteiger partial charge in [-0.1, -0.05) is 19.1 Å². The third-order valence-corrected chi connectivity index (χ3v) is 6.03. The summed E-state index contributed by atoms with van der Waals surface area (Å²) in [6.45, 7) is 1.92. The maximum Gasteiger partial charge on any atom is 0.187 e. The lowest BCUT2D eigenvalue weighted by Gasteiger charge is -2.08. The first-order valence-electron chi connectivity index (χ1n) is 6.39. The summed E-state index contributed by atoms with van der Waals surface area (Å²) < 4.78 is 29.5. The Balaban J connectivity index is 2.14. The molecule has 6 heteroatoms. The van der Waals surface area contributed by atoms with Crippen molar-refractivity contribution in [2.75, 3.05) is 10.8 Å². The van der Waals surface area contributed by atoms with Gasteiger partial charge in [0.15, 0.2) is 21.3 Å². The first kappa shape index (κ1) is 15.7. The molecule has 0 atom stereocenters. The molecule has 0 unspecified atom stereocenters. The quantitative estimate of drug-likeness (QED) is 0.878. The van der Waals surface area contributed by atoms with Crippen LogP contribution in [0.4, 0.5) is 0 Å². The van der Waals surface area contributed by atoms with E-state index in [1.165, 1.54) is 30.0 Å². The molecule has 0 aliphatic heterocycles. The molecule has 112 valence electrons. The second kappa shape index (κ2) is 6.87. The Morgan fingerprint density at radius 2 is 1.76 bits per heavy atom. The van der Waals surface area contributed by atoms with Gasteiger partial charge in [-0.2, -0.15) is 0 Å². The summed E-state index contributed by atoms with van der Waals surface area (Å²) in [6.07, 6.45) is 0. The molecular formula is C15H16O4S2. The lowest BCUT2D eigenvalue weighted by molar-refractivity contribution is 0.411. The van der Waals surface area contributed by atoms with Crippen LogP contribution in [-0.4, -0.2) is 24.4 Å². The van der Waals surface area contributed by atoms with Crippen molar-refractivity contribution in [3.63, 3.8) is 0 Å². The normalized spacial score (nSPS) is 11.3. The van der Waals surface area contributed by atoms with Gasteiger partial charge in [0, 0.05) is 0 Å². The van der Waals surface area contributed by atoms with Gasteiger partial charge in [-0.05, 0) is 42.2 Å². The molecule has 0 aliphatic carbocycles. The summed E-state index contributed by atoms with van der Waals surface area (Å²) in [5, 5.41) is 9.70. The van der Waals surface area contributed by atoms with Gasteiger partial charge in [0.05, 0.1) is 4.90 Å². The number of benzene rings is 2. The van der Waals surface area contributed by atoms with E-state index >= 15 is 0 Å². The van der Waals surface area contributed by atoms with Gasteiger partial charge in [-0.25, -0.2) is 8.42 Å². The summed E-state index contributed by atoms with van der Waals surface area (Å²) in [5.74, 6) is 1.59. The van der Waals surface area contributed by atoms with Crippen LogP contribution in [-0.2, 0) is 9.84 Å². The molecule has 4 nitrogen and oxygen atoms in total. The topological polar surface area (TPSA) is 63.6 Å². The summed E-state index contributed by atoms with van der Waals surface area (Å²) in [5.41, 5.74) is 0. The minimum Gasteiger partial charge on any atom is -0.504 e. The van der Waals surface area contributed by atoms with Gasteiger partial charge in [0.1, 0.15) is 10.8 Å². The second-order valence-electron chi connectivity index (χ2n) is 4.27. The Bertz CT molecular complexity index is 694. The number of phenolic OH excluding ortho intramolecular Hbond substituents is 1. The van der Waals surface area contributed by atoms with Crippen molar-refractivity contribution in [1.82, 2.24) is 0 Å². The highest BCUT2D eigenvalue weighted by molar-refractivity contribution is 8.12. The summed E-state index contributed by atoms with van der Waals surface area (Å²) >= 11 is 1.37. The molecule has 0 radical (unpaired) electrons. The van der Waals surface area contributed by atoms with Crippen molar-refractivity contribution in [2.45, 2.75) is 11.8 Å². The number of rotatable bonds is 6. The first-order valence-corrected chi connectivity index (χ1v) is 9.20. The van der Waals surface area contributed by atoms with E-state index in [1.807, 2.05) is 6.92 Å². The van der Waals surface area contributed by atoms with Crippen molar-refractivity contribution < 1.29 is 18.3 Å². The van der Waals surface area contributed by atoms with Crippen LogP contribution in [0.5, 0.6) is 17.2 Å². The standard InChI is InChI=1S/C15H16O4S2/c1-2-20-11-21(17,18)13-9-7-12(8-10-13)19-15-6-4-3-5-14(15)16/h3-10,16H,2,11H2,1H3. The van der Waals surface area contributed by atoms with E-state index in [-0.39, 0.29) is 15.7 Å². The molecule has 0 aromatic heterocycles. The van der Waals surface area contributed by atoms with E-state index < -0.39 is 9.84 Å². The van der Waals surface area contributed by atoms with Crippen LogP contribution in [0, 0.1) is 0 Å². The fourth-order valence-corrected chi connectivity index (χ4v) is 4.29. The van der Waals surface area contributed by atoms with Crippen LogP contribution in [0.3, 0.4) is 0 Å². The third kappa shape index (κ3) is 4.15. The van der Waals surface area contributed by atoms with Crippen LogP contribution >= 0.6 is 11.8 Å². The number of aromatic hydroxyl groups is 1. The first-order chi connectivity index (χ1) is 10.0. The molecule has 0 spiro atoms. The minimum absolute atomic E-state index is 0.0357. The van der Waals surface area contributed by atoms with E-state index in [0.717, 1.165) is 5.75 Å². The molecule has 0 amide bonds. The smallest absolute Gasteiger partial charge is 0.187 e. The lowest BCUT2D eigenvalue weighted by Crippen LogP contribution is -2.04. The van der Waals surface area contributed by atoms with Gasteiger partial charge in [-0.15, -0.1) is 11.8 Å². The maximum absolute atomic E-state index is 12.0. The van der Waals surface area contributed by atoms with E-state index in [1.54, 1.807) is 30.3 Å². The van der Waals surface area contributed by atoms with E-state index in [2.05, 4.69) is 0 Å². The fourth-order valence-electron chi connectivity index (χ4n) is 1.65. The molecule has 2 aromatic carbocycles. The van der Waals surface area contributed by atoms with Crippen molar-refractivity contribution in [1.29, 1.82) is 0 Å². The largest absolute Gasteiger partial charge is 0.504 e. The monoisotopic (exact) mass is 324 g/mol. The highest BCUT2D eigenvalue weighted by atomic mass is 32.3. The lowest BCUT2D eigenvalue weighted by atomic mass is 10.3. The fraction of sp³-hybridized carbons (Fsp3) is 0.200. The highest BCUT2D eigenvalue weighted by Gasteiger charge is 2.14. The minimum atomic E-state index is -3.26. The molecule has 21 heavy (non-hydrogen) atoms. The van der Waals surface area contributed by atoms with E-state index in [4.69, 9.17) is 4.74 Å². The van der Waals surface area contributed by atoms with Crippen molar-refractivity contribution in [3.05, 3.63) is 48.5 Å². The van der Waals surface area contributed by atoms with Crippen LogP contribution in [0.2, 0.25) is 0 Å². The number of ether oxygens (including phenoxy) is 1. The van der Waals surface area contributed by atoms with Gasteiger partial charge in [0.25, 0.3) is 0 Å². The van der Waals surface area contributed by atoms with Crippen LogP contribution in [0.15, 0.2) is 53.4 Å². The van der Waals surface area contributed by atoms with E-state index in [9.17, 15) is 13.5 Å². The average Bonchev–Trinajstić information content (AvgIpc) is 2.48. The predicted octanol–water partition coefficient (Wildman–Crippen LogP) is 3.67. The van der Waals surface area contributed by atoms with Crippen LogP contribution in [0.25, 0.3) is 0 Å². The molecule has 0 aliphatic rings. The highest BCUT2D eigenvalue weighted by Crippen LogP contribution is 2.30. The van der Waals surface area contributed by atoms with Gasteiger partial charge in [-0.3, -0.25) is 0 Å². The Morgan fingerprint density at radius 3 is 2.38 bits per heavy atom. The molecule has 0 heterocycles. The van der Waals surface area contributed by atoms with Gasteiger partial charge >= 0.3 is 0 Å². The maximum atomic E-state index is 12.0. The number of thioether (sulfide) groups is 1. The number of sulfone groups is 1. The molecule has 0 fully saturated rings. The van der Waals surface area contributed by atoms with Crippen molar-refractivity contribution in [3.8, 4) is 17.2 Å². The number of phenols is 1. The molecular weight excluding hydrogens is 308 g/mol. The predicted molar refractivity (Wildman–Crippen MR) is 84.8 cm³/mol. The molecule has 1 N–H and O–H groups in total. The van der Waals surface area contributed by atoms with Crippen molar-refractivity contribution >= 4 is 21.6 Å². The second-order valence-corrected chi connectivity index (χ2v) is 7.90. The molecule has 0 saturated carbocycles. The van der Waals surface area contributed by atoms with Crippen molar-refractivity contribution in [2.24, 2.45) is 0 Å². The molecule has 0 bridgehead atoms. The van der Waals surface area contributed by atoms with E-state index in [0.29, 0.717) is 11.5 Å². The summed E-state index contributed by atoms with van der Waals surface area (Å²) in [6, 6.07) is 12.8. The number of hydrogen-bond donors (Lipinski definition) is 1. The Hall–Kier alpha value is -1.66.